The second kappa shape index (κ2) is 10.4. The Labute approximate surface area is 229 Å². The molecule has 6 rings (SSSR count). The highest BCUT2D eigenvalue weighted by atomic mass is 16.5. The number of hydrogen-bond acceptors (Lipinski definition) is 7. The summed E-state index contributed by atoms with van der Waals surface area (Å²) in [6, 6.07) is 6.69. The van der Waals surface area contributed by atoms with Crippen molar-refractivity contribution in [3.8, 4) is 17.2 Å². The van der Waals surface area contributed by atoms with Crippen molar-refractivity contribution in [2.75, 3.05) is 38.3 Å². The van der Waals surface area contributed by atoms with Gasteiger partial charge >= 0.3 is 0 Å². The summed E-state index contributed by atoms with van der Waals surface area (Å²) < 4.78 is 5.16. The first-order valence-corrected chi connectivity index (χ1v) is 13.9. The van der Waals surface area contributed by atoms with Crippen LogP contribution in [0.5, 0.6) is 0 Å². The van der Waals surface area contributed by atoms with E-state index in [0.717, 1.165) is 70.5 Å². The van der Waals surface area contributed by atoms with Crippen LogP contribution in [0.4, 0.5) is 5.82 Å². The Bertz CT molecular complexity index is 1490. The summed E-state index contributed by atoms with van der Waals surface area (Å²) in [4.78, 5) is 31.5. The average molecular weight is 523 g/mol. The van der Waals surface area contributed by atoms with Crippen molar-refractivity contribution >= 4 is 28.7 Å². The lowest BCUT2D eigenvalue weighted by molar-refractivity contribution is -0.135. The van der Waals surface area contributed by atoms with E-state index in [4.69, 9.17) is 9.72 Å². The zero-order chi connectivity index (χ0) is 27.1. The van der Waals surface area contributed by atoms with Crippen molar-refractivity contribution < 1.29 is 9.53 Å². The third kappa shape index (κ3) is 4.76. The van der Waals surface area contributed by atoms with Gasteiger partial charge in [0.15, 0.2) is 0 Å². The van der Waals surface area contributed by atoms with Crippen molar-refractivity contribution in [3.05, 3.63) is 53.6 Å². The summed E-state index contributed by atoms with van der Waals surface area (Å²) in [5.74, 6) is 1.81. The fourth-order valence-corrected chi connectivity index (χ4v) is 6.01. The molecule has 8 heteroatoms. The molecule has 1 saturated heterocycles. The third-order valence-corrected chi connectivity index (χ3v) is 8.37. The second-order valence-electron chi connectivity index (χ2n) is 11.0. The van der Waals surface area contributed by atoms with Crippen molar-refractivity contribution in [3.63, 3.8) is 0 Å². The summed E-state index contributed by atoms with van der Waals surface area (Å²) in [5, 5.41) is 11.4. The summed E-state index contributed by atoms with van der Waals surface area (Å²) in [5.41, 5.74) is 6.25. The number of hydrogen-bond donors (Lipinski definition) is 0. The van der Waals surface area contributed by atoms with Gasteiger partial charge in [-0.25, -0.2) is 9.97 Å². The van der Waals surface area contributed by atoms with Gasteiger partial charge in [0.2, 0.25) is 5.91 Å². The van der Waals surface area contributed by atoms with Crippen LogP contribution in [-0.2, 0) is 9.53 Å². The number of ether oxygens (including phenoxy) is 1. The molecule has 3 fully saturated rings. The van der Waals surface area contributed by atoms with E-state index < -0.39 is 0 Å². The smallest absolute Gasteiger partial charge is 0.225 e. The molecule has 1 atom stereocenters. The van der Waals surface area contributed by atoms with Gasteiger partial charge in [-0.2, -0.15) is 5.26 Å². The van der Waals surface area contributed by atoms with Crippen LogP contribution in [0, 0.1) is 24.2 Å². The molecule has 2 saturated carbocycles. The van der Waals surface area contributed by atoms with Crippen LogP contribution in [0.1, 0.15) is 60.5 Å². The monoisotopic (exact) mass is 522 g/mol. The van der Waals surface area contributed by atoms with Gasteiger partial charge in [-0.05, 0) is 67.9 Å². The van der Waals surface area contributed by atoms with Gasteiger partial charge < -0.3 is 14.5 Å². The van der Waals surface area contributed by atoms with Crippen LogP contribution < -0.4 is 4.90 Å². The number of carbonyl (C=O) groups excluding carboxylic acids is 1. The van der Waals surface area contributed by atoms with Crippen LogP contribution >= 0.6 is 0 Å². The van der Waals surface area contributed by atoms with Gasteiger partial charge in [0, 0.05) is 49.8 Å². The number of piperazine rings is 1. The Balaban J connectivity index is 1.44. The minimum Gasteiger partial charge on any atom is -0.384 e. The minimum absolute atomic E-state index is 0.146. The molecular weight excluding hydrogens is 488 g/mol. The number of aromatic nitrogens is 3. The molecule has 200 valence electrons. The number of rotatable bonds is 8. The predicted octanol–water partition coefficient (Wildman–Crippen LogP) is 4.86. The van der Waals surface area contributed by atoms with Crippen LogP contribution in [0.25, 0.3) is 28.1 Å². The second-order valence-corrected chi connectivity index (χ2v) is 11.0. The number of amides is 1. The lowest BCUT2D eigenvalue weighted by Gasteiger charge is -2.43. The van der Waals surface area contributed by atoms with Gasteiger partial charge in [-0.3, -0.25) is 9.78 Å². The van der Waals surface area contributed by atoms with E-state index >= 15 is 0 Å². The summed E-state index contributed by atoms with van der Waals surface area (Å²) >= 11 is 0. The normalized spacial score (nSPS) is 19.3. The van der Waals surface area contributed by atoms with Crippen molar-refractivity contribution in [2.45, 2.75) is 51.0 Å². The van der Waals surface area contributed by atoms with Crippen LogP contribution in [-0.4, -0.2) is 65.2 Å². The fraction of sp³-hybridized carbons (Fsp3) is 0.452. The predicted molar refractivity (Wildman–Crippen MR) is 151 cm³/mol. The minimum atomic E-state index is 0.146. The molecule has 0 radical (unpaired) electrons. The van der Waals surface area contributed by atoms with Crippen molar-refractivity contribution in [1.82, 2.24) is 19.9 Å². The summed E-state index contributed by atoms with van der Waals surface area (Å²) in [7, 11) is 1.63. The molecular formula is C31H34N6O2. The highest BCUT2D eigenvalue weighted by molar-refractivity contribution is 5.97. The molecule has 4 heterocycles. The number of carbonyl (C=O) groups is 1. The Hall–Kier alpha value is -3.83. The van der Waals surface area contributed by atoms with Crippen LogP contribution in [0.3, 0.4) is 0 Å². The number of methoxy groups -OCH3 is 1. The Morgan fingerprint density at radius 3 is 2.77 bits per heavy atom. The summed E-state index contributed by atoms with van der Waals surface area (Å²) in [6.45, 7) is 8.44. The Morgan fingerprint density at radius 1 is 1.26 bits per heavy atom. The van der Waals surface area contributed by atoms with E-state index in [-0.39, 0.29) is 11.9 Å². The molecule has 1 aliphatic heterocycles. The first kappa shape index (κ1) is 25.4. The number of nitrogens with zero attached hydrogens (tertiary/aromatic N) is 6. The molecule has 3 aliphatic rings. The molecule has 0 bridgehead atoms. The van der Waals surface area contributed by atoms with Gasteiger partial charge in [-0.15, -0.1) is 0 Å². The molecule has 39 heavy (non-hydrogen) atoms. The maximum atomic E-state index is 13.0. The Kier molecular flexibility index (Phi) is 6.78. The number of pyridine rings is 3. The first-order valence-electron chi connectivity index (χ1n) is 13.9. The van der Waals surface area contributed by atoms with E-state index in [1.807, 2.05) is 6.07 Å². The quantitative estimate of drug-likeness (QED) is 0.417. The zero-order valence-electron chi connectivity index (χ0n) is 22.7. The molecule has 3 aromatic heterocycles. The highest BCUT2D eigenvalue weighted by Gasteiger charge is 2.42. The molecule has 3 aromatic rings. The maximum Gasteiger partial charge on any atom is 0.225 e. The van der Waals surface area contributed by atoms with E-state index in [2.05, 4.69) is 45.4 Å². The van der Waals surface area contributed by atoms with Gasteiger partial charge in [0.05, 0.1) is 47.7 Å². The molecule has 0 N–H and O–H groups in total. The van der Waals surface area contributed by atoms with E-state index in [9.17, 15) is 10.1 Å². The number of anilines is 1. The molecule has 0 aromatic carbocycles. The maximum absolute atomic E-state index is 13.0. The standard InChI is InChI=1S/C31H34N6O2/c1-4-22-15-24(23-9-11-33-17-26(23)34-22)29-19(2)25(16-32)31(35-30(29)21-7-8-21)36-12-13-37(28(38)10-14-39-3)27(18-36)20-5-6-20/h4,9,11,15,17,20-21,27H,1,5-8,10,12-14,18H2,2-3H3/t27-/m0/s1. The van der Waals surface area contributed by atoms with E-state index in [1.54, 1.807) is 25.6 Å². The largest absolute Gasteiger partial charge is 0.384 e. The fourth-order valence-electron chi connectivity index (χ4n) is 6.01. The molecule has 2 aliphatic carbocycles. The molecule has 1 amide bonds. The van der Waals surface area contributed by atoms with Crippen molar-refractivity contribution in [2.24, 2.45) is 5.92 Å². The average Bonchev–Trinajstić information content (AvgIpc) is 3.88. The number of fused-ring (bicyclic) bond motifs is 1. The van der Waals surface area contributed by atoms with Crippen LogP contribution in [0.2, 0.25) is 0 Å². The molecule has 0 unspecified atom stereocenters. The van der Waals surface area contributed by atoms with E-state index in [0.29, 0.717) is 50.1 Å². The first-order chi connectivity index (χ1) is 19.0. The van der Waals surface area contributed by atoms with Gasteiger partial charge in [0.1, 0.15) is 11.9 Å². The van der Waals surface area contributed by atoms with Crippen LogP contribution in [0.15, 0.2) is 31.1 Å². The topological polar surface area (TPSA) is 95.2 Å². The Morgan fingerprint density at radius 2 is 2.08 bits per heavy atom. The molecule has 8 nitrogen and oxygen atoms in total. The summed E-state index contributed by atoms with van der Waals surface area (Å²) in [6.07, 6.45) is 10.2. The van der Waals surface area contributed by atoms with Gasteiger partial charge in [-0.1, -0.05) is 6.58 Å². The van der Waals surface area contributed by atoms with E-state index in [1.165, 1.54) is 0 Å². The SMILES string of the molecule is C=Cc1cc(-c2c(C3CC3)nc(N3CCN(C(=O)CCOC)[C@H](C4CC4)C3)c(C#N)c2C)c2ccncc2n1. The van der Waals surface area contributed by atoms with Crippen molar-refractivity contribution in [1.29, 1.82) is 5.26 Å². The zero-order valence-corrected chi connectivity index (χ0v) is 22.7. The molecule has 0 spiro atoms. The lowest BCUT2D eigenvalue weighted by atomic mass is 9.91. The lowest BCUT2D eigenvalue weighted by Crippen LogP contribution is -2.56. The highest BCUT2D eigenvalue weighted by Crippen LogP contribution is 2.48. The number of nitriles is 1. The van der Waals surface area contributed by atoms with Gasteiger partial charge in [0.25, 0.3) is 0 Å². The third-order valence-electron chi connectivity index (χ3n) is 8.37.